The van der Waals surface area contributed by atoms with Gasteiger partial charge in [0.25, 0.3) is 0 Å². The second-order valence-electron chi connectivity index (χ2n) is 4.53. The Bertz CT molecular complexity index is 545. The zero-order valence-electron chi connectivity index (χ0n) is 10.9. The Morgan fingerprint density at radius 1 is 1.16 bits per heavy atom. The molecule has 19 heavy (non-hydrogen) atoms. The van der Waals surface area contributed by atoms with Gasteiger partial charge in [-0.3, -0.25) is 4.98 Å². The maximum Gasteiger partial charge on any atom is 0.124 e. The molecule has 100 valence electrons. The predicted octanol–water partition coefficient (Wildman–Crippen LogP) is 4.29. The summed E-state index contributed by atoms with van der Waals surface area (Å²) < 4.78 is 13.0. The normalized spacial score (nSPS) is 14.1. The lowest BCUT2D eigenvalue weighted by Crippen LogP contribution is -2.23. The van der Waals surface area contributed by atoms with Gasteiger partial charge in [0.05, 0.1) is 5.69 Å². The van der Waals surface area contributed by atoms with E-state index in [4.69, 9.17) is 11.6 Å². The summed E-state index contributed by atoms with van der Waals surface area (Å²) in [6, 6.07) is 10.4. The molecule has 0 saturated carbocycles. The molecule has 2 rings (SSSR count). The van der Waals surface area contributed by atoms with Crippen LogP contribution >= 0.6 is 11.6 Å². The third kappa shape index (κ3) is 3.52. The highest BCUT2D eigenvalue weighted by Crippen LogP contribution is 2.25. The zero-order valence-corrected chi connectivity index (χ0v) is 11.7. The lowest BCUT2D eigenvalue weighted by atomic mass is 10.1. The second-order valence-corrected chi connectivity index (χ2v) is 4.94. The molecule has 2 atom stereocenters. The van der Waals surface area contributed by atoms with E-state index in [0.717, 1.165) is 11.3 Å². The SMILES string of the molecule is CC(NC(C)c1ccc(F)cc1Cl)c1ccccn1. The van der Waals surface area contributed by atoms with Gasteiger partial charge in [-0.05, 0) is 43.7 Å². The minimum atomic E-state index is -0.321. The van der Waals surface area contributed by atoms with Crippen LogP contribution in [0.15, 0.2) is 42.6 Å². The largest absolute Gasteiger partial charge is 0.302 e. The summed E-state index contributed by atoms with van der Waals surface area (Å²) in [5.41, 5.74) is 1.85. The molecule has 1 aromatic heterocycles. The van der Waals surface area contributed by atoms with Crippen LogP contribution in [0.1, 0.15) is 37.2 Å². The number of pyridine rings is 1. The molecule has 0 fully saturated rings. The van der Waals surface area contributed by atoms with Gasteiger partial charge in [-0.1, -0.05) is 23.7 Å². The summed E-state index contributed by atoms with van der Waals surface area (Å²) in [4.78, 5) is 4.31. The van der Waals surface area contributed by atoms with E-state index in [9.17, 15) is 4.39 Å². The number of benzene rings is 1. The van der Waals surface area contributed by atoms with Gasteiger partial charge in [-0.2, -0.15) is 0 Å². The number of halogens is 2. The standard InChI is InChI=1S/C15H16ClFN2/c1-10(13-7-6-12(17)9-14(13)16)19-11(2)15-5-3-4-8-18-15/h3-11,19H,1-2H3. The Balaban J connectivity index is 2.10. The van der Waals surface area contributed by atoms with Crippen molar-refractivity contribution in [1.82, 2.24) is 10.3 Å². The van der Waals surface area contributed by atoms with Crippen molar-refractivity contribution in [3.8, 4) is 0 Å². The molecular formula is C15H16ClFN2. The Hall–Kier alpha value is -1.45. The van der Waals surface area contributed by atoms with Crippen molar-refractivity contribution < 1.29 is 4.39 Å². The third-order valence-electron chi connectivity index (χ3n) is 3.06. The van der Waals surface area contributed by atoms with E-state index in [1.807, 2.05) is 32.0 Å². The molecular weight excluding hydrogens is 263 g/mol. The average molecular weight is 279 g/mol. The number of aromatic nitrogens is 1. The molecule has 0 saturated heterocycles. The summed E-state index contributed by atoms with van der Waals surface area (Å²) in [6.45, 7) is 4.04. The Morgan fingerprint density at radius 3 is 2.58 bits per heavy atom. The van der Waals surface area contributed by atoms with Gasteiger partial charge in [0, 0.05) is 23.3 Å². The van der Waals surface area contributed by atoms with E-state index >= 15 is 0 Å². The van der Waals surface area contributed by atoms with Crippen LogP contribution in [-0.4, -0.2) is 4.98 Å². The van der Waals surface area contributed by atoms with Crippen molar-refractivity contribution in [3.63, 3.8) is 0 Å². The summed E-state index contributed by atoms with van der Waals surface area (Å²) in [6.07, 6.45) is 1.77. The fraction of sp³-hybridized carbons (Fsp3) is 0.267. The van der Waals surface area contributed by atoms with Gasteiger partial charge in [0.2, 0.25) is 0 Å². The molecule has 0 spiro atoms. The molecule has 2 aromatic rings. The summed E-state index contributed by atoms with van der Waals surface area (Å²) in [5.74, 6) is -0.321. The Morgan fingerprint density at radius 2 is 1.95 bits per heavy atom. The number of rotatable bonds is 4. The molecule has 1 heterocycles. The highest BCUT2D eigenvalue weighted by molar-refractivity contribution is 6.31. The van der Waals surface area contributed by atoms with Gasteiger partial charge in [-0.15, -0.1) is 0 Å². The van der Waals surface area contributed by atoms with Gasteiger partial charge in [0.15, 0.2) is 0 Å². The van der Waals surface area contributed by atoms with Gasteiger partial charge < -0.3 is 5.32 Å². The van der Waals surface area contributed by atoms with E-state index in [1.54, 1.807) is 12.3 Å². The first-order valence-electron chi connectivity index (χ1n) is 6.20. The van der Waals surface area contributed by atoms with Crippen molar-refractivity contribution in [2.45, 2.75) is 25.9 Å². The predicted molar refractivity (Wildman–Crippen MR) is 75.6 cm³/mol. The molecule has 0 aliphatic rings. The van der Waals surface area contributed by atoms with Gasteiger partial charge in [0.1, 0.15) is 5.82 Å². The average Bonchev–Trinajstić information content (AvgIpc) is 2.39. The first-order chi connectivity index (χ1) is 9.08. The molecule has 0 aliphatic carbocycles. The summed E-state index contributed by atoms with van der Waals surface area (Å²) in [7, 11) is 0. The number of nitrogens with one attached hydrogen (secondary N) is 1. The number of nitrogens with zero attached hydrogens (tertiary/aromatic N) is 1. The molecule has 0 bridgehead atoms. The molecule has 4 heteroatoms. The molecule has 1 N–H and O–H groups in total. The van der Waals surface area contributed by atoms with Crippen LogP contribution in [0.4, 0.5) is 4.39 Å². The molecule has 1 aromatic carbocycles. The van der Waals surface area contributed by atoms with Crippen LogP contribution in [0, 0.1) is 5.82 Å². The van der Waals surface area contributed by atoms with E-state index in [-0.39, 0.29) is 17.9 Å². The van der Waals surface area contributed by atoms with Crippen LogP contribution in [0.2, 0.25) is 5.02 Å². The van der Waals surface area contributed by atoms with E-state index in [1.165, 1.54) is 12.1 Å². The minimum Gasteiger partial charge on any atom is -0.302 e. The molecule has 2 nitrogen and oxygen atoms in total. The fourth-order valence-corrected chi connectivity index (χ4v) is 2.37. The van der Waals surface area contributed by atoms with E-state index in [0.29, 0.717) is 5.02 Å². The van der Waals surface area contributed by atoms with Crippen LogP contribution < -0.4 is 5.32 Å². The zero-order chi connectivity index (χ0) is 13.8. The maximum absolute atomic E-state index is 13.0. The molecule has 0 amide bonds. The fourth-order valence-electron chi connectivity index (χ4n) is 2.03. The quantitative estimate of drug-likeness (QED) is 0.903. The lowest BCUT2D eigenvalue weighted by Gasteiger charge is -2.21. The van der Waals surface area contributed by atoms with Crippen molar-refractivity contribution >= 4 is 11.6 Å². The van der Waals surface area contributed by atoms with Crippen molar-refractivity contribution in [1.29, 1.82) is 0 Å². The van der Waals surface area contributed by atoms with E-state index < -0.39 is 0 Å². The minimum absolute atomic E-state index is 0.0186. The third-order valence-corrected chi connectivity index (χ3v) is 3.39. The van der Waals surface area contributed by atoms with E-state index in [2.05, 4.69) is 10.3 Å². The van der Waals surface area contributed by atoms with Crippen LogP contribution in [-0.2, 0) is 0 Å². The molecule has 2 unspecified atom stereocenters. The monoisotopic (exact) mass is 278 g/mol. The Labute approximate surface area is 117 Å². The van der Waals surface area contributed by atoms with Crippen molar-refractivity contribution in [2.24, 2.45) is 0 Å². The van der Waals surface area contributed by atoms with Crippen LogP contribution in [0.5, 0.6) is 0 Å². The summed E-state index contributed by atoms with van der Waals surface area (Å²) >= 11 is 6.06. The first-order valence-corrected chi connectivity index (χ1v) is 6.57. The van der Waals surface area contributed by atoms with Crippen molar-refractivity contribution in [2.75, 3.05) is 0 Å². The van der Waals surface area contributed by atoms with Gasteiger partial charge >= 0.3 is 0 Å². The number of hydrogen-bond donors (Lipinski definition) is 1. The maximum atomic E-state index is 13.0. The molecule has 0 aliphatic heterocycles. The smallest absolute Gasteiger partial charge is 0.124 e. The van der Waals surface area contributed by atoms with Gasteiger partial charge in [-0.25, -0.2) is 4.39 Å². The topological polar surface area (TPSA) is 24.9 Å². The van der Waals surface area contributed by atoms with Crippen LogP contribution in [0.25, 0.3) is 0 Å². The highest BCUT2D eigenvalue weighted by Gasteiger charge is 2.14. The van der Waals surface area contributed by atoms with Crippen molar-refractivity contribution in [3.05, 3.63) is 64.7 Å². The highest BCUT2D eigenvalue weighted by atomic mass is 35.5. The lowest BCUT2D eigenvalue weighted by molar-refractivity contribution is 0.486. The van der Waals surface area contributed by atoms with Crippen LogP contribution in [0.3, 0.4) is 0 Å². The second kappa shape index (κ2) is 6.13. The number of hydrogen-bond acceptors (Lipinski definition) is 2. The molecule has 0 radical (unpaired) electrons. The summed E-state index contributed by atoms with van der Waals surface area (Å²) in [5, 5.41) is 3.84. The first kappa shape index (κ1) is 14.0. The Kier molecular flexibility index (Phi) is 4.51.